The SMILES string of the molecule is CN(C(=O)N[C@@H]1C[C@H]1c1cccc(C(F)(F)F)c1)c1ccc(F)cc1. The Morgan fingerprint density at radius 2 is 1.84 bits per heavy atom. The maximum absolute atomic E-state index is 12.9. The van der Waals surface area contributed by atoms with Gasteiger partial charge in [0.15, 0.2) is 0 Å². The van der Waals surface area contributed by atoms with Crippen LogP contribution in [0.4, 0.5) is 28.0 Å². The lowest BCUT2D eigenvalue weighted by Gasteiger charge is -2.18. The maximum atomic E-state index is 12.9. The Balaban J connectivity index is 1.62. The van der Waals surface area contributed by atoms with E-state index in [0.717, 1.165) is 12.1 Å². The molecular weight excluding hydrogens is 336 g/mol. The Hall–Kier alpha value is -2.57. The summed E-state index contributed by atoms with van der Waals surface area (Å²) in [6, 6.07) is 10.0. The van der Waals surface area contributed by atoms with E-state index in [4.69, 9.17) is 0 Å². The molecule has 0 aromatic heterocycles. The normalized spacial score (nSPS) is 19.4. The first-order chi connectivity index (χ1) is 11.8. The molecule has 0 heterocycles. The van der Waals surface area contributed by atoms with E-state index in [1.165, 1.54) is 35.2 Å². The second-order valence-electron chi connectivity index (χ2n) is 6.06. The lowest BCUT2D eigenvalue weighted by atomic mass is 10.1. The van der Waals surface area contributed by atoms with Crippen LogP contribution in [0.3, 0.4) is 0 Å². The van der Waals surface area contributed by atoms with Gasteiger partial charge in [0, 0.05) is 24.7 Å². The minimum atomic E-state index is -4.38. The fraction of sp³-hybridized carbons (Fsp3) is 0.278. The molecule has 3 nitrogen and oxygen atoms in total. The van der Waals surface area contributed by atoms with Gasteiger partial charge in [-0.3, -0.25) is 4.90 Å². The zero-order valence-corrected chi connectivity index (χ0v) is 13.3. The molecule has 1 saturated carbocycles. The third kappa shape index (κ3) is 3.92. The van der Waals surface area contributed by atoms with Crippen molar-refractivity contribution >= 4 is 11.7 Å². The summed E-state index contributed by atoms with van der Waals surface area (Å²) in [6.07, 6.45) is -3.79. The highest BCUT2D eigenvalue weighted by Gasteiger charge is 2.41. The second kappa shape index (κ2) is 6.38. The van der Waals surface area contributed by atoms with Gasteiger partial charge in [-0.05, 0) is 42.3 Å². The average Bonchev–Trinajstić information content (AvgIpc) is 3.33. The van der Waals surface area contributed by atoms with Crippen molar-refractivity contribution in [2.75, 3.05) is 11.9 Å². The molecular formula is C18H16F4N2O. The van der Waals surface area contributed by atoms with Gasteiger partial charge >= 0.3 is 12.2 Å². The first-order valence-corrected chi connectivity index (χ1v) is 7.72. The summed E-state index contributed by atoms with van der Waals surface area (Å²) >= 11 is 0. The van der Waals surface area contributed by atoms with E-state index >= 15 is 0 Å². The number of benzene rings is 2. The molecule has 0 aliphatic heterocycles. The molecule has 1 fully saturated rings. The van der Waals surface area contributed by atoms with Gasteiger partial charge in [-0.1, -0.05) is 18.2 Å². The van der Waals surface area contributed by atoms with Crippen LogP contribution in [0.2, 0.25) is 0 Å². The smallest absolute Gasteiger partial charge is 0.334 e. The number of hydrogen-bond donors (Lipinski definition) is 1. The van der Waals surface area contributed by atoms with Crippen molar-refractivity contribution in [3.05, 3.63) is 65.5 Å². The van der Waals surface area contributed by atoms with Crippen LogP contribution in [0.1, 0.15) is 23.5 Å². The zero-order valence-electron chi connectivity index (χ0n) is 13.3. The third-order valence-corrected chi connectivity index (χ3v) is 4.26. The van der Waals surface area contributed by atoms with Gasteiger partial charge in [-0.15, -0.1) is 0 Å². The minimum Gasteiger partial charge on any atom is -0.334 e. The Bertz CT molecular complexity index is 773. The number of amides is 2. The van der Waals surface area contributed by atoms with Crippen molar-refractivity contribution in [2.45, 2.75) is 24.6 Å². The average molecular weight is 352 g/mol. The number of nitrogens with one attached hydrogen (secondary N) is 1. The van der Waals surface area contributed by atoms with E-state index in [0.29, 0.717) is 17.7 Å². The van der Waals surface area contributed by atoms with Crippen LogP contribution in [-0.4, -0.2) is 19.1 Å². The maximum Gasteiger partial charge on any atom is 0.416 e. The highest BCUT2D eigenvalue weighted by Crippen LogP contribution is 2.42. The van der Waals surface area contributed by atoms with E-state index in [1.54, 1.807) is 13.1 Å². The highest BCUT2D eigenvalue weighted by molar-refractivity contribution is 5.91. The molecule has 2 amide bonds. The number of alkyl halides is 3. The zero-order chi connectivity index (χ0) is 18.2. The second-order valence-corrected chi connectivity index (χ2v) is 6.06. The Morgan fingerprint density at radius 1 is 1.16 bits per heavy atom. The molecule has 132 valence electrons. The molecule has 0 saturated heterocycles. The quantitative estimate of drug-likeness (QED) is 0.808. The number of carbonyl (C=O) groups excluding carboxylic acids is 1. The number of rotatable bonds is 3. The van der Waals surface area contributed by atoms with Gasteiger partial charge in [0.2, 0.25) is 0 Å². The summed E-state index contributed by atoms with van der Waals surface area (Å²) in [5.41, 5.74) is 0.394. The highest BCUT2D eigenvalue weighted by atomic mass is 19.4. The Labute approximate surface area is 142 Å². The summed E-state index contributed by atoms with van der Waals surface area (Å²) in [6.45, 7) is 0. The Kier molecular flexibility index (Phi) is 4.41. The van der Waals surface area contributed by atoms with Crippen LogP contribution in [0.25, 0.3) is 0 Å². The van der Waals surface area contributed by atoms with Crippen molar-refractivity contribution in [1.82, 2.24) is 5.32 Å². The van der Waals surface area contributed by atoms with Gasteiger partial charge < -0.3 is 5.32 Å². The molecule has 0 spiro atoms. The first-order valence-electron chi connectivity index (χ1n) is 7.72. The molecule has 2 aromatic carbocycles. The predicted molar refractivity (Wildman–Crippen MR) is 85.9 cm³/mol. The topological polar surface area (TPSA) is 32.3 Å². The van der Waals surface area contributed by atoms with E-state index in [1.807, 2.05) is 0 Å². The van der Waals surface area contributed by atoms with Gasteiger partial charge in [0.05, 0.1) is 5.56 Å². The lowest BCUT2D eigenvalue weighted by Crippen LogP contribution is -2.38. The van der Waals surface area contributed by atoms with Crippen LogP contribution >= 0.6 is 0 Å². The fourth-order valence-corrected chi connectivity index (χ4v) is 2.71. The summed E-state index contributed by atoms with van der Waals surface area (Å²) < 4.78 is 51.3. The van der Waals surface area contributed by atoms with Crippen molar-refractivity contribution in [3.8, 4) is 0 Å². The standard InChI is InChI=1S/C18H16F4N2O/c1-24(14-7-5-13(19)6-8-14)17(25)23-16-10-15(16)11-3-2-4-12(9-11)18(20,21)22/h2-9,15-16H,10H2,1H3,(H,23,25)/t15-,16+/m0/s1. The van der Waals surface area contributed by atoms with Gasteiger partial charge in [0.25, 0.3) is 0 Å². The predicted octanol–water partition coefficient (Wildman–Crippen LogP) is 4.55. The van der Waals surface area contributed by atoms with Crippen molar-refractivity contribution < 1.29 is 22.4 Å². The van der Waals surface area contributed by atoms with Crippen LogP contribution in [-0.2, 0) is 6.18 Å². The Morgan fingerprint density at radius 3 is 2.48 bits per heavy atom. The van der Waals surface area contributed by atoms with Crippen molar-refractivity contribution in [2.24, 2.45) is 0 Å². The molecule has 1 aliphatic rings. The molecule has 1 aliphatic carbocycles. The number of nitrogens with zero attached hydrogens (tertiary/aromatic N) is 1. The molecule has 0 unspecified atom stereocenters. The number of carbonyl (C=O) groups is 1. The molecule has 3 rings (SSSR count). The van der Waals surface area contributed by atoms with E-state index in [2.05, 4.69) is 5.32 Å². The number of anilines is 1. The van der Waals surface area contributed by atoms with Crippen LogP contribution in [0.5, 0.6) is 0 Å². The summed E-state index contributed by atoms with van der Waals surface area (Å²) in [7, 11) is 1.55. The summed E-state index contributed by atoms with van der Waals surface area (Å²) in [5.74, 6) is -0.530. The van der Waals surface area contributed by atoms with Gasteiger partial charge in [-0.2, -0.15) is 13.2 Å². The summed E-state index contributed by atoms with van der Waals surface area (Å²) in [4.78, 5) is 13.6. The van der Waals surface area contributed by atoms with E-state index < -0.39 is 17.6 Å². The van der Waals surface area contributed by atoms with E-state index in [-0.39, 0.29) is 18.0 Å². The van der Waals surface area contributed by atoms with Crippen LogP contribution < -0.4 is 10.2 Å². The number of urea groups is 1. The van der Waals surface area contributed by atoms with Crippen molar-refractivity contribution in [3.63, 3.8) is 0 Å². The molecule has 1 N–H and O–H groups in total. The minimum absolute atomic E-state index is 0.132. The largest absolute Gasteiger partial charge is 0.416 e. The third-order valence-electron chi connectivity index (χ3n) is 4.26. The van der Waals surface area contributed by atoms with Gasteiger partial charge in [-0.25, -0.2) is 9.18 Å². The molecule has 0 bridgehead atoms. The molecule has 0 radical (unpaired) electrons. The summed E-state index contributed by atoms with van der Waals surface area (Å²) in [5, 5.41) is 2.79. The van der Waals surface area contributed by atoms with Crippen molar-refractivity contribution in [1.29, 1.82) is 0 Å². The number of hydrogen-bond acceptors (Lipinski definition) is 1. The first kappa shape index (κ1) is 17.3. The number of halogens is 4. The van der Waals surface area contributed by atoms with Crippen LogP contribution in [0, 0.1) is 5.82 Å². The van der Waals surface area contributed by atoms with Gasteiger partial charge in [0.1, 0.15) is 5.82 Å². The molecule has 25 heavy (non-hydrogen) atoms. The fourth-order valence-electron chi connectivity index (χ4n) is 2.71. The lowest BCUT2D eigenvalue weighted by molar-refractivity contribution is -0.137. The molecule has 2 atom stereocenters. The van der Waals surface area contributed by atoms with E-state index in [9.17, 15) is 22.4 Å². The monoisotopic (exact) mass is 352 g/mol. The molecule has 2 aromatic rings. The van der Waals surface area contributed by atoms with Crippen LogP contribution in [0.15, 0.2) is 48.5 Å². The molecule has 7 heteroatoms.